The van der Waals surface area contributed by atoms with Gasteiger partial charge in [0.25, 0.3) is 10.0 Å². The van der Waals surface area contributed by atoms with Gasteiger partial charge in [-0.05, 0) is 45.2 Å². The van der Waals surface area contributed by atoms with Crippen molar-refractivity contribution in [2.24, 2.45) is 0 Å². The molecule has 2 aromatic heterocycles. The van der Waals surface area contributed by atoms with E-state index in [0.717, 1.165) is 12.8 Å². The lowest BCUT2D eigenvalue weighted by molar-refractivity contribution is 0.289. The average molecular weight is 320 g/mol. The Morgan fingerprint density at radius 3 is 2.77 bits per heavy atom. The normalized spacial score (nSPS) is 15.5. The van der Waals surface area contributed by atoms with Gasteiger partial charge < -0.3 is 0 Å². The number of nitrogens with zero attached hydrogens (tertiary/aromatic N) is 4. The maximum Gasteiger partial charge on any atom is 0.267 e. The molecule has 0 N–H and O–H groups in total. The van der Waals surface area contributed by atoms with Crippen LogP contribution in [0.2, 0.25) is 0 Å². The third kappa shape index (κ3) is 2.49. The number of sulfonamides is 1. The average Bonchev–Trinajstić information content (AvgIpc) is 2.89. The van der Waals surface area contributed by atoms with Gasteiger partial charge in [-0.25, -0.2) is 8.42 Å². The highest BCUT2D eigenvalue weighted by atomic mass is 32.2. The number of aryl methyl sites for hydroxylation is 1. The lowest BCUT2D eigenvalue weighted by Crippen LogP contribution is -2.31. The summed E-state index contributed by atoms with van der Waals surface area (Å²) in [4.78, 5) is 4.42. The van der Waals surface area contributed by atoms with Crippen LogP contribution in [0.15, 0.2) is 35.6 Å². The van der Waals surface area contributed by atoms with Gasteiger partial charge in [-0.15, -0.1) is 0 Å². The maximum absolute atomic E-state index is 12.9. The molecule has 0 radical (unpaired) electrons. The lowest BCUT2D eigenvalue weighted by Gasteiger charge is -2.25. The molecule has 0 bridgehead atoms. The van der Waals surface area contributed by atoms with Crippen LogP contribution in [0.25, 0.3) is 0 Å². The molecule has 2 heterocycles. The smallest absolute Gasteiger partial charge is 0.267 e. The fourth-order valence-corrected chi connectivity index (χ4v) is 4.11. The van der Waals surface area contributed by atoms with E-state index in [9.17, 15) is 8.42 Å². The Morgan fingerprint density at radius 1 is 1.41 bits per heavy atom. The SMILES string of the molecule is CCN(c1cccnc1C)S(=O)(=O)c1cnn(C2CCC2)c1. The van der Waals surface area contributed by atoms with Gasteiger partial charge >= 0.3 is 0 Å². The summed E-state index contributed by atoms with van der Waals surface area (Å²) < 4.78 is 29.0. The van der Waals surface area contributed by atoms with Gasteiger partial charge in [0, 0.05) is 18.9 Å². The molecule has 0 unspecified atom stereocenters. The Kier molecular flexibility index (Phi) is 3.90. The van der Waals surface area contributed by atoms with E-state index in [4.69, 9.17) is 0 Å². The van der Waals surface area contributed by atoms with Crippen molar-refractivity contribution < 1.29 is 8.42 Å². The molecule has 0 atom stereocenters. The van der Waals surface area contributed by atoms with E-state index in [2.05, 4.69) is 10.1 Å². The van der Waals surface area contributed by atoms with Gasteiger partial charge in [0.05, 0.1) is 23.6 Å². The summed E-state index contributed by atoms with van der Waals surface area (Å²) in [5, 5.41) is 4.23. The minimum Gasteiger partial charge on any atom is -0.268 e. The molecule has 3 rings (SSSR count). The third-order valence-electron chi connectivity index (χ3n) is 4.15. The first-order chi connectivity index (χ1) is 10.5. The molecule has 7 heteroatoms. The topological polar surface area (TPSA) is 68.1 Å². The van der Waals surface area contributed by atoms with Gasteiger partial charge in [0.1, 0.15) is 4.90 Å². The second-order valence-electron chi connectivity index (χ2n) is 5.52. The van der Waals surface area contributed by atoms with Crippen LogP contribution < -0.4 is 4.31 Å². The van der Waals surface area contributed by atoms with Crippen molar-refractivity contribution in [1.82, 2.24) is 14.8 Å². The highest BCUT2D eigenvalue weighted by Crippen LogP contribution is 2.32. The minimum atomic E-state index is -3.61. The fourth-order valence-electron chi connectivity index (χ4n) is 2.64. The summed E-state index contributed by atoms with van der Waals surface area (Å²) >= 11 is 0. The minimum absolute atomic E-state index is 0.240. The van der Waals surface area contributed by atoms with Crippen molar-refractivity contribution in [2.45, 2.75) is 44.0 Å². The third-order valence-corrected chi connectivity index (χ3v) is 5.99. The first kappa shape index (κ1) is 15.0. The van der Waals surface area contributed by atoms with Crippen molar-refractivity contribution in [3.8, 4) is 0 Å². The first-order valence-electron chi connectivity index (χ1n) is 7.52. The second-order valence-corrected chi connectivity index (χ2v) is 7.38. The highest BCUT2D eigenvalue weighted by molar-refractivity contribution is 7.92. The van der Waals surface area contributed by atoms with Crippen LogP contribution in [0, 0.1) is 6.92 Å². The standard InChI is InChI=1S/C15H20N4O2S/c1-3-19(15-8-5-9-16-12(15)2)22(20,21)14-10-17-18(11-14)13-6-4-7-13/h5,8-11,13H,3-4,6-7H2,1-2H3. The summed E-state index contributed by atoms with van der Waals surface area (Å²) in [7, 11) is -3.61. The van der Waals surface area contributed by atoms with Gasteiger partial charge in [0.15, 0.2) is 0 Å². The summed E-state index contributed by atoms with van der Waals surface area (Å²) in [6.07, 6.45) is 8.08. The Bertz CT molecular complexity index is 765. The summed E-state index contributed by atoms with van der Waals surface area (Å²) in [5.41, 5.74) is 1.31. The molecular formula is C15H20N4O2S. The van der Waals surface area contributed by atoms with Gasteiger partial charge in [0.2, 0.25) is 0 Å². The molecule has 0 amide bonds. The van der Waals surface area contributed by atoms with Crippen LogP contribution in [-0.2, 0) is 10.0 Å². The zero-order valence-electron chi connectivity index (χ0n) is 12.8. The summed E-state index contributed by atoms with van der Waals surface area (Å²) in [5.74, 6) is 0. The van der Waals surface area contributed by atoms with Crippen LogP contribution in [0.3, 0.4) is 0 Å². The molecule has 1 aliphatic carbocycles. The van der Waals surface area contributed by atoms with E-state index in [1.165, 1.54) is 16.9 Å². The highest BCUT2D eigenvalue weighted by Gasteiger charge is 2.28. The molecule has 0 saturated heterocycles. The van der Waals surface area contributed by atoms with Crippen molar-refractivity contribution in [3.63, 3.8) is 0 Å². The monoisotopic (exact) mass is 320 g/mol. The Labute approximate surface area is 130 Å². The number of aromatic nitrogens is 3. The van der Waals surface area contributed by atoms with Crippen molar-refractivity contribution in [2.75, 3.05) is 10.8 Å². The molecular weight excluding hydrogens is 300 g/mol. The van der Waals surface area contributed by atoms with Gasteiger partial charge in [-0.2, -0.15) is 5.10 Å². The molecule has 2 aromatic rings. The Morgan fingerprint density at radius 2 is 2.18 bits per heavy atom. The first-order valence-corrected chi connectivity index (χ1v) is 8.96. The molecule has 1 fully saturated rings. The number of rotatable bonds is 5. The zero-order chi connectivity index (χ0) is 15.7. The molecule has 0 spiro atoms. The summed E-state index contributed by atoms with van der Waals surface area (Å²) in [6, 6.07) is 3.87. The predicted octanol–water partition coefficient (Wildman–Crippen LogP) is 2.53. The van der Waals surface area contributed by atoms with Gasteiger partial charge in [-0.1, -0.05) is 0 Å². The Hall–Kier alpha value is -1.89. The van der Waals surface area contributed by atoms with E-state index >= 15 is 0 Å². The number of hydrogen-bond donors (Lipinski definition) is 0. The Balaban J connectivity index is 1.96. The predicted molar refractivity (Wildman–Crippen MR) is 84.3 cm³/mol. The number of hydrogen-bond acceptors (Lipinski definition) is 4. The quantitative estimate of drug-likeness (QED) is 0.849. The van der Waals surface area contributed by atoms with E-state index < -0.39 is 10.0 Å². The van der Waals surface area contributed by atoms with Crippen LogP contribution in [0.4, 0.5) is 5.69 Å². The van der Waals surface area contributed by atoms with Crippen LogP contribution in [0.1, 0.15) is 37.9 Å². The number of pyridine rings is 1. The molecule has 118 valence electrons. The molecule has 0 aromatic carbocycles. The van der Waals surface area contributed by atoms with E-state index in [-0.39, 0.29) is 4.90 Å². The van der Waals surface area contributed by atoms with Gasteiger partial charge in [-0.3, -0.25) is 14.0 Å². The van der Waals surface area contributed by atoms with Crippen molar-refractivity contribution in [3.05, 3.63) is 36.4 Å². The zero-order valence-corrected chi connectivity index (χ0v) is 13.6. The van der Waals surface area contributed by atoms with Crippen molar-refractivity contribution in [1.29, 1.82) is 0 Å². The molecule has 1 saturated carbocycles. The van der Waals surface area contributed by atoms with E-state index in [1.807, 2.05) is 13.8 Å². The largest absolute Gasteiger partial charge is 0.268 e. The maximum atomic E-state index is 12.9. The number of anilines is 1. The summed E-state index contributed by atoms with van der Waals surface area (Å²) in [6.45, 7) is 3.98. The second kappa shape index (κ2) is 5.72. The molecule has 0 aliphatic heterocycles. The van der Waals surface area contributed by atoms with E-state index in [0.29, 0.717) is 24.0 Å². The fraction of sp³-hybridized carbons (Fsp3) is 0.467. The van der Waals surface area contributed by atoms with Crippen LogP contribution >= 0.6 is 0 Å². The molecule has 6 nitrogen and oxygen atoms in total. The molecule has 22 heavy (non-hydrogen) atoms. The van der Waals surface area contributed by atoms with Crippen LogP contribution in [0.5, 0.6) is 0 Å². The van der Waals surface area contributed by atoms with Crippen LogP contribution in [-0.4, -0.2) is 29.7 Å². The molecule has 1 aliphatic rings. The lowest BCUT2D eigenvalue weighted by atomic mass is 9.93. The van der Waals surface area contributed by atoms with Crippen molar-refractivity contribution >= 4 is 15.7 Å². The van der Waals surface area contributed by atoms with E-state index in [1.54, 1.807) is 29.2 Å².